The fourth-order valence-electron chi connectivity index (χ4n) is 0.867. The first-order valence-electron chi connectivity index (χ1n) is 6.33. The highest BCUT2D eigenvalue weighted by molar-refractivity contribution is 4.47. The zero-order valence-electron chi connectivity index (χ0n) is 12.0. The minimum atomic E-state index is -0.0955. The molecule has 0 saturated carbocycles. The van der Waals surface area contributed by atoms with E-state index in [-0.39, 0.29) is 19.3 Å². The Morgan fingerprint density at radius 2 is 1.24 bits per heavy atom. The van der Waals surface area contributed by atoms with Crippen LogP contribution >= 0.6 is 0 Å². The number of nitrogens with two attached hydrogens (primary N) is 2. The molecule has 5 nitrogen and oxygen atoms in total. The van der Waals surface area contributed by atoms with Crippen molar-refractivity contribution in [1.82, 2.24) is 0 Å². The average molecular weight is 254 g/mol. The molecule has 0 aliphatic rings. The highest BCUT2D eigenvalue weighted by atomic mass is 16.3. The van der Waals surface area contributed by atoms with E-state index in [4.69, 9.17) is 15.3 Å². The molecule has 0 fully saturated rings. The third-order valence-electron chi connectivity index (χ3n) is 1.48. The molecule has 0 spiro atoms. The van der Waals surface area contributed by atoms with Crippen LogP contribution in [0.5, 0.6) is 0 Å². The van der Waals surface area contributed by atoms with Gasteiger partial charge in [-0.15, -0.1) is 0 Å². The first-order valence-corrected chi connectivity index (χ1v) is 6.33. The molecule has 0 rings (SSSR count). The first-order chi connectivity index (χ1) is 8.10. The maximum absolute atomic E-state index is 8.85. The van der Waals surface area contributed by atoms with Gasteiger partial charge in [0.05, 0.1) is 6.10 Å². The molecule has 0 bridgehead atoms. The molecule has 0 aromatic heterocycles. The minimum absolute atomic E-state index is 0.0955. The summed E-state index contributed by atoms with van der Waals surface area (Å²) in [6, 6.07) is 0. The van der Waals surface area contributed by atoms with Gasteiger partial charge in [-0.05, 0) is 27.2 Å². The maximum atomic E-state index is 8.85. The number of unbranched alkanes of at least 4 members (excludes halogenated alkanes) is 3. The standard InChI is InChI=1S/C8H18O.2C2H6O.H4N2/c1-3-4-5-6-7-8(2)9;2*1-2-3;1-2/h8-9H,3-7H2,1-2H3;2*3H,2H2,1H3;1-2H2. The third-order valence-corrected chi connectivity index (χ3v) is 1.48. The van der Waals surface area contributed by atoms with Crippen molar-refractivity contribution >= 4 is 0 Å². The van der Waals surface area contributed by atoms with E-state index >= 15 is 0 Å². The molecule has 0 aromatic carbocycles. The van der Waals surface area contributed by atoms with Gasteiger partial charge in [-0.2, -0.15) is 0 Å². The Labute approximate surface area is 107 Å². The van der Waals surface area contributed by atoms with Crippen LogP contribution in [0.3, 0.4) is 0 Å². The fourth-order valence-corrected chi connectivity index (χ4v) is 0.867. The summed E-state index contributed by atoms with van der Waals surface area (Å²) >= 11 is 0. The number of aliphatic hydroxyl groups excluding tert-OH is 3. The van der Waals surface area contributed by atoms with Gasteiger partial charge in [0, 0.05) is 13.2 Å². The Balaban J connectivity index is -0.0000000879. The molecule has 0 aliphatic heterocycles. The normalized spacial score (nSPS) is 9.71. The van der Waals surface area contributed by atoms with E-state index in [2.05, 4.69) is 18.6 Å². The summed E-state index contributed by atoms with van der Waals surface area (Å²) in [6.45, 7) is 7.91. The Bertz CT molecular complexity index is 82.2. The molecular formula is C12H34N2O3. The van der Waals surface area contributed by atoms with Crippen molar-refractivity contribution < 1.29 is 15.3 Å². The number of hydrogen-bond acceptors (Lipinski definition) is 5. The van der Waals surface area contributed by atoms with E-state index in [1.807, 2.05) is 6.92 Å². The molecule has 0 saturated heterocycles. The largest absolute Gasteiger partial charge is 0.397 e. The molecule has 5 heteroatoms. The summed E-state index contributed by atoms with van der Waals surface area (Å²) in [4.78, 5) is 0. The predicted octanol–water partition coefficient (Wildman–Crippen LogP) is 1.15. The van der Waals surface area contributed by atoms with Crippen molar-refractivity contribution in [3.8, 4) is 0 Å². The Morgan fingerprint density at radius 3 is 1.47 bits per heavy atom. The fraction of sp³-hybridized carbons (Fsp3) is 1.00. The zero-order valence-corrected chi connectivity index (χ0v) is 12.0. The van der Waals surface area contributed by atoms with Crippen LogP contribution < -0.4 is 11.7 Å². The van der Waals surface area contributed by atoms with Gasteiger partial charge in [0.1, 0.15) is 0 Å². The number of hydrogen-bond donors (Lipinski definition) is 5. The van der Waals surface area contributed by atoms with Gasteiger partial charge in [-0.1, -0.05) is 32.6 Å². The van der Waals surface area contributed by atoms with E-state index in [0.717, 1.165) is 6.42 Å². The van der Waals surface area contributed by atoms with E-state index < -0.39 is 0 Å². The summed E-state index contributed by atoms with van der Waals surface area (Å²) < 4.78 is 0. The van der Waals surface area contributed by atoms with Gasteiger partial charge in [-0.3, -0.25) is 11.7 Å². The Hall–Kier alpha value is -0.200. The van der Waals surface area contributed by atoms with Crippen LogP contribution in [0, 0.1) is 0 Å². The summed E-state index contributed by atoms with van der Waals surface area (Å²) in [5.41, 5.74) is 0. The van der Waals surface area contributed by atoms with Crippen LogP contribution in [-0.4, -0.2) is 34.6 Å². The Morgan fingerprint density at radius 1 is 0.882 bits per heavy atom. The Kier molecular flexibility index (Phi) is 54.3. The summed E-state index contributed by atoms with van der Waals surface area (Å²) in [5.74, 6) is 8.00. The second-order valence-electron chi connectivity index (χ2n) is 3.33. The second-order valence-corrected chi connectivity index (χ2v) is 3.33. The van der Waals surface area contributed by atoms with Gasteiger partial charge >= 0.3 is 0 Å². The van der Waals surface area contributed by atoms with Crippen molar-refractivity contribution in [2.45, 2.75) is 65.9 Å². The van der Waals surface area contributed by atoms with Crippen LogP contribution in [0.25, 0.3) is 0 Å². The monoisotopic (exact) mass is 254 g/mol. The maximum Gasteiger partial charge on any atom is 0.0512 e. The second kappa shape index (κ2) is 36.0. The van der Waals surface area contributed by atoms with Gasteiger partial charge in [0.25, 0.3) is 0 Å². The van der Waals surface area contributed by atoms with E-state index in [0.29, 0.717) is 0 Å². The third kappa shape index (κ3) is 89.4. The average Bonchev–Trinajstić information content (AvgIpc) is 2.29. The van der Waals surface area contributed by atoms with Gasteiger partial charge in [0.15, 0.2) is 0 Å². The van der Waals surface area contributed by atoms with Crippen molar-refractivity contribution in [2.75, 3.05) is 13.2 Å². The van der Waals surface area contributed by atoms with Crippen molar-refractivity contribution in [3.63, 3.8) is 0 Å². The first kappa shape index (κ1) is 25.6. The smallest absolute Gasteiger partial charge is 0.0512 e. The van der Waals surface area contributed by atoms with Crippen LogP contribution in [0.4, 0.5) is 0 Å². The quantitative estimate of drug-likeness (QED) is 0.287. The van der Waals surface area contributed by atoms with Crippen LogP contribution in [-0.2, 0) is 0 Å². The van der Waals surface area contributed by atoms with Gasteiger partial charge in [-0.25, -0.2) is 0 Å². The molecule has 0 radical (unpaired) electrons. The van der Waals surface area contributed by atoms with E-state index in [1.54, 1.807) is 13.8 Å². The van der Waals surface area contributed by atoms with Crippen molar-refractivity contribution in [3.05, 3.63) is 0 Å². The molecule has 7 N–H and O–H groups in total. The minimum Gasteiger partial charge on any atom is -0.397 e. The lowest BCUT2D eigenvalue weighted by Gasteiger charge is -2.01. The molecule has 1 atom stereocenters. The lowest BCUT2D eigenvalue weighted by Crippen LogP contribution is -2.02. The molecule has 0 amide bonds. The molecule has 17 heavy (non-hydrogen) atoms. The highest BCUT2D eigenvalue weighted by Crippen LogP contribution is 2.04. The van der Waals surface area contributed by atoms with Crippen LogP contribution in [0.2, 0.25) is 0 Å². The van der Waals surface area contributed by atoms with Crippen molar-refractivity contribution in [1.29, 1.82) is 0 Å². The van der Waals surface area contributed by atoms with E-state index in [1.165, 1.54) is 25.7 Å². The summed E-state index contributed by atoms with van der Waals surface area (Å²) in [6.07, 6.45) is 5.93. The van der Waals surface area contributed by atoms with Crippen LogP contribution in [0.15, 0.2) is 0 Å². The lowest BCUT2D eigenvalue weighted by atomic mass is 10.1. The van der Waals surface area contributed by atoms with Crippen LogP contribution in [0.1, 0.15) is 59.8 Å². The highest BCUT2D eigenvalue weighted by Gasteiger charge is 1.93. The molecule has 1 unspecified atom stereocenters. The number of aliphatic hydroxyl groups is 3. The molecule has 0 heterocycles. The zero-order chi connectivity index (χ0) is 14.5. The summed E-state index contributed by atoms with van der Waals surface area (Å²) in [7, 11) is 0. The lowest BCUT2D eigenvalue weighted by molar-refractivity contribution is 0.180. The van der Waals surface area contributed by atoms with Crippen molar-refractivity contribution in [2.24, 2.45) is 11.7 Å². The molecule has 110 valence electrons. The number of rotatable bonds is 5. The molecular weight excluding hydrogens is 220 g/mol. The molecule has 0 aliphatic carbocycles. The van der Waals surface area contributed by atoms with Gasteiger partial charge < -0.3 is 15.3 Å². The SMILES string of the molecule is CCCCCCC(C)O.CCO.CCO.NN. The molecule has 0 aromatic rings. The predicted molar refractivity (Wildman–Crippen MR) is 74.3 cm³/mol. The summed E-state index contributed by atoms with van der Waals surface area (Å²) in [5, 5.41) is 24.0. The number of hydrazine groups is 1. The topological polar surface area (TPSA) is 113 Å². The van der Waals surface area contributed by atoms with E-state index in [9.17, 15) is 0 Å². The van der Waals surface area contributed by atoms with Gasteiger partial charge in [0.2, 0.25) is 0 Å².